The zero-order chi connectivity index (χ0) is 24.2. The highest BCUT2D eigenvalue weighted by molar-refractivity contribution is 6.11. The number of aryl methyl sites for hydroxylation is 2. The van der Waals surface area contributed by atoms with Crippen molar-refractivity contribution in [2.75, 3.05) is 6.54 Å². The summed E-state index contributed by atoms with van der Waals surface area (Å²) in [6.07, 6.45) is 6.36. The number of Topliss-reactive ketones (excluding diaryl/α,β-unsaturated/α-hetero) is 1. The molecule has 0 amide bonds. The monoisotopic (exact) mass is 459 g/mol. The second-order valence-electron chi connectivity index (χ2n) is 9.00. The van der Waals surface area contributed by atoms with E-state index in [1.165, 1.54) is 11.1 Å². The number of hydrogen-bond acceptors (Lipinski definition) is 3. The van der Waals surface area contributed by atoms with Crippen LogP contribution in [0.25, 0.3) is 22.0 Å². The molecule has 3 aromatic carbocycles. The van der Waals surface area contributed by atoms with Crippen LogP contribution in [-0.4, -0.2) is 22.3 Å². The van der Waals surface area contributed by atoms with Gasteiger partial charge in [-0.2, -0.15) is 0 Å². The molecule has 0 aliphatic carbocycles. The summed E-state index contributed by atoms with van der Waals surface area (Å²) in [6.45, 7) is 4.89. The number of ketones is 1. The van der Waals surface area contributed by atoms with E-state index < -0.39 is 6.04 Å². The van der Waals surface area contributed by atoms with Crippen molar-refractivity contribution in [3.05, 3.63) is 125 Å². The van der Waals surface area contributed by atoms with Gasteiger partial charge in [0.1, 0.15) is 0 Å². The van der Waals surface area contributed by atoms with Gasteiger partial charge in [0.2, 0.25) is 0 Å². The molecule has 2 aromatic heterocycles. The Morgan fingerprint density at radius 2 is 1.74 bits per heavy atom. The number of carbonyl (C=O) groups excluding carboxylic acids is 1. The predicted molar refractivity (Wildman–Crippen MR) is 143 cm³/mol. The highest BCUT2D eigenvalue weighted by Gasteiger charge is 2.24. The quantitative estimate of drug-likeness (QED) is 0.257. The second kappa shape index (κ2) is 10.1. The molecule has 0 saturated heterocycles. The normalized spacial score (nSPS) is 12.1. The first-order valence-electron chi connectivity index (χ1n) is 12.0. The zero-order valence-corrected chi connectivity index (χ0v) is 20.1. The van der Waals surface area contributed by atoms with E-state index in [0.29, 0.717) is 12.1 Å². The lowest BCUT2D eigenvalue weighted by molar-refractivity contribution is 0.0945. The number of fused-ring (bicyclic) bond motifs is 1. The first-order chi connectivity index (χ1) is 17.1. The number of benzene rings is 3. The standard InChI is InChI=1S/C31H29N3O/c1-21-10-12-23(13-11-21)16-18-33-30(24-7-4-3-5-8-24)31(35)28-20-34-29-22(2)26(14-15-27(28)29)25-9-6-17-32-19-25/h3-15,17,19-20,30,33-34H,16,18H2,1-2H3/t30-/m1/s1. The van der Waals surface area contributed by atoms with E-state index >= 15 is 0 Å². The third-order valence-electron chi connectivity index (χ3n) is 6.63. The average molecular weight is 460 g/mol. The molecule has 35 heavy (non-hydrogen) atoms. The van der Waals surface area contributed by atoms with E-state index in [0.717, 1.165) is 39.6 Å². The fourth-order valence-corrected chi connectivity index (χ4v) is 4.66. The van der Waals surface area contributed by atoms with Crippen molar-refractivity contribution in [1.82, 2.24) is 15.3 Å². The minimum atomic E-state index is -0.418. The Balaban J connectivity index is 1.44. The van der Waals surface area contributed by atoms with Crippen LogP contribution in [0.15, 0.2) is 97.5 Å². The van der Waals surface area contributed by atoms with Crippen LogP contribution in [0.3, 0.4) is 0 Å². The van der Waals surface area contributed by atoms with Crippen molar-refractivity contribution in [3.63, 3.8) is 0 Å². The summed E-state index contributed by atoms with van der Waals surface area (Å²) in [5, 5.41) is 4.48. The molecule has 0 radical (unpaired) electrons. The Labute approximate surface area is 206 Å². The number of rotatable bonds is 8. The minimum Gasteiger partial charge on any atom is -0.360 e. The summed E-state index contributed by atoms with van der Waals surface area (Å²) < 4.78 is 0. The van der Waals surface area contributed by atoms with Gasteiger partial charge in [0.25, 0.3) is 0 Å². The molecule has 2 heterocycles. The van der Waals surface area contributed by atoms with E-state index in [9.17, 15) is 4.79 Å². The lowest BCUT2D eigenvalue weighted by Gasteiger charge is -2.18. The van der Waals surface area contributed by atoms with Gasteiger partial charge in [0, 0.05) is 47.2 Å². The molecule has 0 aliphatic heterocycles. The van der Waals surface area contributed by atoms with Gasteiger partial charge in [-0.25, -0.2) is 0 Å². The van der Waals surface area contributed by atoms with Crippen molar-refractivity contribution < 1.29 is 4.79 Å². The number of aromatic nitrogens is 2. The molecule has 0 bridgehead atoms. The summed E-state index contributed by atoms with van der Waals surface area (Å²) >= 11 is 0. The molecule has 0 saturated carbocycles. The van der Waals surface area contributed by atoms with Crippen LogP contribution in [-0.2, 0) is 6.42 Å². The SMILES string of the molecule is Cc1ccc(CCN[C@@H](C(=O)c2c[nH]c3c(C)c(-c4cccnc4)ccc23)c2ccccc2)cc1. The fourth-order valence-electron chi connectivity index (χ4n) is 4.66. The Hall–Kier alpha value is -4.02. The number of hydrogen-bond donors (Lipinski definition) is 2. The van der Waals surface area contributed by atoms with Crippen LogP contribution < -0.4 is 5.32 Å². The Kier molecular flexibility index (Phi) is 6.55. The van der Waals surface area contributed by atoms with Gasteiger partial charge in [-0.15, -0.1) is 0 Å². The summed E-state index contributed by atoms with van der Waals surface area (Å²) in [6, 6.07) is 26.2. The van der Waals surface area contributed by atoms with Gasteiger partial charge in [-0.1, -0.05) is 78.4 Å². The highest BCUT2D eigenvalue weighted by Crippen LogP contribution is 2.32. The van der Waals surface area contributed by atoms with Crippen LogP contribution in [0, 0.1) is 13.8 Å². The molecule has 174 valence electrons. The van der Waals surface area contributed by atoms with Crippen molar-refractivity contribution >= 4 is 16.7 Å². The predicted octanol–water partition coefficient (Wildman–Crippen LogP) is 6.60. The lowest BCUT2D eigenvalue weighted by Crippen LogP contribution is -2.30. The van der Waals surface area contributed by atoms with Crippen LogP contribution in [0.5, 0.6) is 0 Å². The van der Waals surface area contributed by atoms with E-state index in [-0.39, 0.29) is 5.78 Å². The summed E-state index contributed by atoms with van der Waals surface area (Å²) in [4.78, 5) is 21.5. The van der Waals surface area contributed by atoms with E-state index in [1.54, 1.807) is 6.20 Å². The number of carbonyl (C=O) groups is 1. The molecule has 4 heteroatoms. The zero-order valence-electron chi connectivity index (χ0n) is 20.1. The topological polar surface area (TPSA) is 57.8 Å². The van der Waals surface area contributed by atoms with Gasteiger partial charge >= 0.3 is 0 Å². The van der Waals surface area contributed by atoms with Crippen LogP contribution >= 0.6 is 0 Å². The number of aromatic amines is 1. The van der Waals surface area contributed by atoms with Gasteiger partial charge < -0.3 is 10.3 Å². The van der Waals surface area contributed by atoms with Crippen molar-refractivity contribution in [1.29, 1.82) is 0 Å². The molecule has 5 aromatic rings. The Bertz CT molecular complexity index is 1440. The summed E-state index contributed by atoms with van der Waals surface area (Å²) in [5.41, 5.74) is 8.46. The first-order valence-corrected chi connectivity index (χ1v) is 12.0. The number of pyridine rings is 1. The summed E-state index contributed by atoms with van der Waals surface area (Å²) in [5.74, 6) is 0.0693. The molecule has 2 N–H and O–H groups in total. The molecule has 5 rings (SSSR count). The molecule has 4 nitrogen and oxygen atoms in total. The van der Waals surface area contributed by atoms with Gasteiger partial charge in [0.15, 0.2) is 5.78 Å². The largest absolute Gasteiger partial charge is 0.360 e. The highest BCUT2D eigenvalue weighted by atomic mass is 16.1. The maximum Gasteiger partial charge on any atom is 0.186 e. The maximum atomic E-state index is 13.9. The number of H-pyrrole nitrogens is 1. The van der Waals surface area contributed by atoms with Crippen molar-refractivity contribution in [2.45, 2.75) is 26.3 Å². The molecule has 0 unspecified atom stereocenters. The first kappa shape index (κ1) is 22.8. The molecule has 0 aliphatic rings. The van der Waals surface area contributed by atoms with Gasteiger partial charge in [-0.3, -0.25) is 9.78 Å². The third kappa shape index (κ3) is 4.79. The lowest BCUT2D eigenvalue weighted by atomic mass is 9.94. The van der Waals surface area contributed by atoms with Crippen LogP contribution in [0.1, 0.15) is 38.7 Å². The number of nitrogens with zero attached hydrogens (tertiary/aromatic N) is 1. The van der Waals surface area contributed by atoms with E-state index in [1.807, 2.05) is 54.9 Å². The minimum absolute atomic E-state index is 0.0693. The van der Waals surface area contributed by atoms with E-state index in [2.05, 4.69) is 65.5 Å². The maximum absolute atomic E-state index is 13.9. The van der Waals surface area contributed by atoms with Crippen molar-refractivity contribution in [3.8, 4) is 11.1 Å². The number of nitrogens with one attached hydrogen (secondary N) is 2. The van der Waals surface area contributed by atoms with Gasteiger partial charge in [-0.05, 0) is 48.6 Å². The molecule has 1 atom stereocenters. The third-order valence-corrected chi connectivity index (χ3v) is 6.63. The van der Waals surface area contributed by atoms with Crippen molar-refractivity contribution in [2.24, 2.45) is 0 Å². The molecule has 0 fully saturated rings. The molecular formula is C31H29N3O. The van der Waals surface area contributed by atoms with E-state index in [4.69, 9.17) is 0 Å². The smallest absolute Gasteiger partial charge is 0.186 e. The second-order valence-corrected chi connectivity index (χ2v) is 9.00. The Morgan fingerprint density at radius 1 is 0.943 bits per heavy atom. The average Bonchev–Trinajstić information content (AvgIpc) is 3.34. The van der Waals surface area contributed by atoms with Crippen LogP contribution in [0.2, 0.25) is 0 Å². The summed E-state index contributed by atoms with van der Waals surface area (Å²) in [7, 11) is 0. The fraction of sp³-hybridized carbons (Fsp3) is 0.161. The van der Waals surface area contributed by atoms with Crippen LogP contribution in [0.4, 0.5) is 0 Å². The van der Waals surface area contributed by atoms with Gasteiger partial charge in [0.05, 0.1) is 6.04 Å². The molecular weight excluding hydrogens is 430 g/mol. The molecule has 0 spiro atoms. The Morgan fingerprint density at radius 3 is 2.49 bits per heavy atom.